The molecule has 15 heavy (non-hydrogen) atoms. The van der Waals surface area contributed by atoms with Crippen LogP contribution in [0.25, 0.3) is 0 Å². The highest BCUT2D eigenvalue weighted by atomic mass is 35.5. The zero-order chi connectivity index (χ0) is 11.4. The molecule has 0 saturated carbocycles. The SMILES string of the molecule is CC(C(=O)O)S(=O)Cc1ccc(Cl)cc1. The molecule has 5 heteroatoms. The number of carboxylic acid groups (broad SMARTS) is 1. The van der Waals surface area contributed by atoms with Crippen molar-refractivity contribution in [2.24, 2.45) is 0 Å². The average molecular weight is 247 g/mol. The number of halogens is 1. The number of hydrogen-bond acceptors (Lipinski definition) is 2. The Kier molecular flexibility index (Phi) is 4.29. The van der Waals surface area contributed by atoms with Crippen LogP contribution in [0.3, 0.4) is 0 Å². The first-order valence-electron chi connectivity index (χ1n) is 4.35. The molecule has 3 nitrogen and oxygen atoms in total. The van der Waals surface area contributed by atoms with Gasteiger partial charge in [-0.1, -0.05) is 23.7 Å². The minimum Gasteiger partial charge on any atom is -0.480 e. The Labute approximate surface area is 95.5 Å². The van der Waals surface area contributed by atoms with Crippen LogP contribution in [0.15, 0.2) is 24.3 Å². The Balaban J connectivity index is 2.66. The lowest BCUT2D eigenvalue weighted by molar-refractivity contribution is -0.136. The van der Waals surface area contributed by atoms with E-state index in [2.05, 4.69) is 0 Å². The van der Waals surface area contributed by atoms with Crippen molar-refractivity contribution in [1.29, 1.82) is 0 Å². The summed E-state index contributed by atoms with van der Waals surface area (Å²) in [5.41, 5.74) is 0.825. The zero-order valence-corrected chi connectivity index (χ0v) is 9.72. The maximum atomic E-state index is 11.5. The number of rotatable bonds is 4. The predicted molar refractivity (Wildman–Crippen MR) is 60.4 cm³/mol. The highest BCUT2D eigenvalue weighted by Gasteiger charge is 2.18. The second-order valence-electron chi connectivity index (χ2n) is 3.13. The van der Waals surface area contributed by atoms with E-state index in [1.165, 1.54) is 6.92 Å². The van der Waals surface area contributed by atoms with Gasteiger partial charge in [0.2, 0.25) is 0 Å². The van der Waals surface area contributed by atoms with Gasteiger partial charge in [-0.2, -0.15) is 0 Å². The summed E-state index contributed by atoms with van der Waals surface area (Å²) < 4.78 is 11.5. The van der Waals surface area contributed by atoms with E-state index in [-0.39, 0.29) is 5.75 Å². The van der Waals surface area contributed by atoms with E-state index in [1.54, 1.807) is 24.3 Å². The van der Waals surface area contributed by atoms with Gasteiger partial charge in [-0.25, -0.2) is 0 Å². The molecule has 2 atom stereocenters. The first-order valence-corrected chi connectivity index (χ1v) is 6.11. The van der Waals surface area contributed by atoms with Gasteiger partial charge in [0, 0.05) is 21.6 Å². The topological polar surface area (TPSA) is 54.4 Å². The summed E-state index contributed by atoms with van der Waals surface area (Å²) >= 11 is 5.69. The third-order valence-corrected chi connectivity index (χ3v) is 3.82. The van der Waals surface area contributed by atoms with Gasteiger partial charge in [0.15, 0.2) is 0 Å². The molecule has 0 fully saturated rings. The number of aliphatic carboxylic acids is 1. The summed E-state index contributed by atoms with van der Waals surface area (Å²) in [6.45, 7) is 1.44. The highest BCUT2D eigenvalue weighted by molar-refractivity contribution is 7.85. The van der Waals surface area contributed by atoms with E-state index in [9.17, 15) is 9.00 Å². The first-order chi connectivity index (χ1) is 7.00. The maximum Gasteiger partial charge on any atom is 0.318 e. The molecule has 0 aromatic heterocycles. The van der Waals surface area contributed by atoms with Crippen molar-refractivity contribution < 1.29 is 14.1 Å². The molecule has 0 amide bonds. The second-order valence-corrected chi connectivity index (χ2v) is 5.33. The van der Waals surface area contributed by atoms with Crippen LogP contribution in [0.1, 0.15) is 12.5 Å². The van der Waals surface area contributed by atoms with Crippen molar-refractivity contribution in [2.75, 3.05) is 0 Å². The molecule has 0 radical (unpaired) electrons. The molecule has 0 aliphatic carbocycles. The minimum absolute atomic E-state index is 0.241. The lowest BCUT2D eigenvalue weighted by Gasteiger charge is -2.06. The van der Waals surface area contributed by atoms with Gasteiger partial charge in [-0.3, -0.25) is 9.00 Å². The molecule has 1 N–H and O–H groups in total. The normalized spacial score (nSPS) is 14.5. The van der Waals surface area contributed by atoms with Crippen molar-refractivity contribution >= 4 is 28.4 Å². The van der Waals surface area contributed by atoms with Crippen LogP contribution in [0.4, 0.5) is 0 Å². The minimum atomic E-state index is -1.40. The van der Waals surface area contributed by atoms with Crippen LogP contribution in [-0.4, -0.2) is 20.5 Å². The van der Waals surface area contributed by atoms with Crippen LogP contribution < -0.4 is 0 Å². The fourth-order valence-corrected chi connectivity index (χ4v) is 2.10. The molecule has 1 aromatic carbocycles. The van der Waals surface area contributed by atoms with Crippen LogP contribution in [0.5, 0.6) is 0 Å². The van der Waals surface area contributed by atoms with E-state index in [0.29, 0.717) is 5.02 Å². The lowest BCUT2D eigenvalue weighted by atomic mass is 10.2. The van der Waals surface area contributed by atoms with E-state index < -0.39 is 22.0 Å². The van der Waals surface area contributed by atoms with E-state index in [4.69, 9.17) is 16.7 Å². The Morgan fingerprint density at radius 2 is 2.00 bits per heavy atom. The molecular weight excluding hydrogens is 236 g/mol. The highest BCUT2D eigenvalue weighted by Crippen LogP contribution is 2.12. The van der Waals surface area contributed by atoms with Gasteiger partial charge in [0.25, 0.3) is 0 Å². The Bertz CT molecular complexity index is 375. The molecular formula is C10H11ClO3S. The molecule has 0 heterocycles. The molecule has 2 unspecified atom stereocenters. The summed E-state index contributed by atoms with van der Waals surface area (Å²) in [6, 6.07) is 6.88. The van der Waals surface area contributed by atoms with Crippen LogP contribution in [-0.2, 0) is 21.3 Å². The zero-order valence-electron chi connectivity index (χ0n) is 8.14. The van der Waals surface area contributed by atoms with Crippen molar-refractivity contribution in [3.05, 3.63) is 34.9 Å². The molecule has 0 bridgehead atoms. The van der Waals surface area contributed by atoms with Crippen LogP contribution in [0.2, 0.25) is 5.02 Å². The number of carboxylic acids is 1. The summed E-state index contributed by atoms with van der Waals surface area (Å²) in [4.78, 5) is 10.6. The summed E-state index contributed by atoms with van der Waals surface area (Å²) in [7, 11) is -1.40. The smallest absolute Gasteiger partial charge is 0.318 e. The third-order valence-electron chi connectivity index (χ3n) is 1.96. The van der Waals surface area contributed by atoms with Gasteiger partial charge < -0.3 is 5.11 Å². The van der Waals surface area contributed by atoms with Gasteiger partial charge in [0.1, 0.15) is 5.25 Å². The summed E-state index contributed by atoms with van der Waals surface area (Å²) in [5, 5.41) is 8.42. The van der Waals surface area contributed by atoms with Crippen molar-refractivity contribution in [2.45, 2.75) is 17.9 Å². The fourth-order valence-electron chi connectivity index (χ4n) is 0.982. The number of carbonyl (C=O) groups is 1. The largest absolute Gasteiger partial charge is 0.480 e. The van der Waals surface area contributed by atoms with Crippen LogP contribution >= 0.6 is 11.6 Å². The number of hydrogen-bond donors (Lipinski definition) is 1. The van der Waals surface area contributed by atoms with Gasteiger partial charge in [-0.15, -0.1) is 0 Å². The van der Waals surface area contributed by atoms with Crippen LogP contribution in [0, 0.1) is 0 Å². The fraction of sp³-hybridized carbons (Fsp3) is 0.300. The number of benzene rings is 1. The molecule has 0 aliphatic rings. The molecule has 82 valence electrons. The van der Waals surface area contributed by atoms with Gasteiger partial charge in [0.05, 0.1) is 0 Å². The predicted octanol–water partition coefficient (Wildman–Crippen LogP) is 2.06. The van der Waals surface area contributed by atoms with Gasteiger partial charge in [-0.05, 0) is 24.6 Å². The Hall–Kier alpha value is -0.870. The van der Waals surface area contributed by atoms with Crippen molar-refractivity contribution in [3.63, 3.8) is 0 Å². The molecule has 1 rings (SSSR count). The summed E-state index contributed by atoms with van der Waals surface area (Å²) in [6.07, 6.45) is 0. The molecule has 0 aliphatic heterocycles. The molecule has 1 aromatic rings. The van der Waals surface area contributed by atoms with Crippen molar-refractivity contribution in [1.82, 2.24) is 0 Å². The van der Waals surface area contributed by atoms with E-state index >= 15 is 0 Å². The van der Waals surface area contributed by atoms with Gasteiger partial charge >= 0.3 is 5.97 Å². The quantitative estimate of drug-likeness (QED) is 0.885. The first kappa shape index (κ1) is 12.2. The second kappa shape index (κ2) is 5.28. The van der Waals surface area contributed by atoms with Crippen molar-refractivity contribution in [3.8, 4) is 0 Å². The Morgan fingerprint density at radius 1 is 1.47 bits per heavy atom. The molecule has 0 saturated heterocycles. The Morgan fingerprint density at radius 3 is 2.47 bits per heavy atom. The third kappa shape index (κ3) is 3.64. The summed E-state index contributed by atoms with van der Waals surface area (Å²) in [5.74, 6) is -0.799. The lowest BCUT2D eigenvalue weighted by Crippen LogP contribution is -2.22. The standard InChI is InChI=1S/C10H11ClO3S/c1-7(10(12)13)15(14)6-8-2-4-9(11)5-3-8/h2-5,7H,6H2,1H3,(H,12,13). The maximum absolute atomic E-state index is 11.5. The van der Waals surface area contributed by atoms with E-state index in [0.717, 1.165) is 5.56 Å². The van der Waals surface area contributed by atoms with E-state index in [1.807, 2.05) is 0 Å². The average Bonchev–Trinajstić information content (AvgIpc) is 2.20. The molecule has 0 spiro atoms. The monoisotopic (exact) mass is 246 g/mol.